The molecule has 1 aromatic carbocycles. The minimum atomic E-state index is -4.54. The van der Waals surface area contributed by atoms with Gasteiger partial charge in [-0.05, 0) is 36.8 Å². The van der Waals surface area contributed by atoms with Gasteiger partial charge in [0.05, 0.1) is 23.6 Å². The molecule has 0 aliphatic carbocycles. The summed E-state index contributed by atoms with van der Waals surface area (Å²) in [5, 5.41) is 12.4. The normalized spacial score (nSPS) is 14.3. The van der Waals surface area contributed by atoms with Crippen LogP contribution in [0.5, 0.6) is 0 Å². The van der Waals surface area contributed by atoms with Crippen molar-refractivity contribution in [3.8, 4) is 0 Å². The number of aliphatic hydroxyl groups excluding tert-OH is 1. The fraction of sp³-hybridized carbons (Fsp3) is 0.240. The van der Waals surface area contributed by atoms with Crippen LogP contribution in [0.15, 0.2) is 60.9 Å². The fourth-order valence-electron chi connectivity index (χ4n) is 4.01. The number of alkyl halides is 3. The maximum atomic E-state index is 13.2. The predicted molar refractivity (Wildman–Crippen MR) is 125 cm³/mol. The van der Waals surface area contributed by atoms with Crippen LogP contribution in [-0.2, 0) is 12.7 Å². The molecule has 0 saturated carbocycles. The Morgan fingerprint density at radius 1 is 1.09 bits per heavy atom. The van der Waals surface area contributed by atoms with Crippen molar-refractivity contribution < 1.29 is 23.1 Å². The Morgan fingerprint density at radius 2 is 1.83 bits per heavy atom. The third-order valence-corrected chi connectivity index (χ3v) is 5.95. The molecule has 7 nitrogen and oxygen atoms in total. The van der Waals surface area contributed by atoms with E-state index in [2.05, 4.69) is 15.3 Å². The molecule has 0 atom stereocenters. The highest BCUT2D eigenvalue weighted by atomic mass is 19.4. The Morgan fingerprint density at radius 3 is 2.46 bits per heavy atom. The first-order chi connectivity index (χ1) is 16.7. The van der Waals surface area contributed by atoms with E-state index in [0.29, 0.717) is 24.6 Å². The zero-order chi connectivity index (χ0) is 24.7. The first kappa shape index (κ1) is 22.9. The van der Waals surface area contributed by atoms with Gasteiger partial charge in [0.15, 0.2) is 0 Å². The average Bonchev–Trinajstić information content (AvgIpc) is 3.16. The number of benzene rings is 1. The first-order valence-electron chi connectivity index (χ1n) is 11.0. The van der Waals surface area contributed by atoms with Crippen molar-refractivity contribution in [2.45, 2.75) is 25.7 Å². The maximum Gasteiger partial charge on any atom is 0.417 e. The van der Waals surface area contributed by atoms with Crippen molar-refractivity contribution in [3.05, 3.63) is 83.3 Å². The molecule has 4 heterocycles. The van der Waals surface area contributed by atoms with Crippen molar-refractivity contribution in [1.82, 2.24) is 14.5 Å². The molecule has 4 aromatic rings. The average molecular weight is 481 g/mol. The van der Waals surface area contributed by atoms with Gasteiger partial charge < -0.3 is 19.9 Å². The van der Waals surface area contributed by atoms with Gasteiger partial charge in [-0.25, -0.2) is 9.97 Å². The Labute approximate surface area is 198 Å². The van der Waals surface area contributed by atoms with E-state index < -0.39 is 17.6 Å². The van der Waals surface area contributed by atoms with E-state index >= 15 is 0 Å². The maximum absolute atomic E-state index is 13.2. The number of halogens is 3. The number of carbonyl (C=O) groups excluding carboxylic acids is 1. The quantitative estimate of drug-likeness (QED) is 0.446. The lowest BCUT2D eigenvalue weighted by atomic mass is 10.1. The Bertz CT molecular complexity index is 1380. The predicted octanol–water partition coefficient (Wildman–Crippen LogP) is 4.24. The highest BCUT2D eigenvalue weighted by Crippen LogP contribution is 2.32. The number of rotatable bonds is 5. The second-order valence-corrected chi connectivity index (χ2v) is 8.65. The topological polar surface area (TPSA) is 83.3 Å². The second kappa shape index (κ2) is 8.70. The molecular formula is C25H22F3N5O2. The van der Waals surface area contributed by atoms with Gasteiger partial charge in [-0.3, -0.25) is 4.79 Å². The molecule has 1 saturated heterocycles. The SMILES string of the molecule is Cc1ccc(Cn2c(C(=O)Nc3ccc(N4CC(O)C4)nc3)cc3cc(C(F)(F)F)cnc32)cc1. The number of aromatic nitrogens is 3. The lowest BCUT2D eigenvalue weighted by molar-refractivity contribution is -0.137. The summed E-state index contributed by atoms with van der Waals surface area (Å²) in [6, 6.07) is 13.5. The smallest absolute Gasteiger partial charge is 0.389 e. The number of fused-ring (bicyclic) bond motifs is 1. The Balaban J connectivity index is 1.47. The monoisotopic (exact) mass is 481 g/mol. The van der Waals surface area contributed by atoms with Gasteiger partial charge in [0.25, 0.3) is 5.91 Å². The van der Waals surface area contributed by atoms with Crippen LogP contribution in [0.25, 0.3) is 11.0 Å². The molecule has 1 aliphatic heterocycles. The molecule has 0 bridgehead atoms. The van der Waals surface area contributed by atoms with Gasteiger partial charge in [0, 0.05) is 31.2 Å². The van der Waals surface area contributed by atoms with Crippen LogP contribution in [0.1, 0.15) is 27.2 Å². The zero-order valence-electron chi connectivity index (χ0n) is 18.8. The van der Waals surface area contributed by atoms with Crippen molar-refractivity contribution in [2.24, 2.45) is 0 Å². The summed E-state index contributed by atoms with van der Waals surface area (Å²) in [5.74, 6) is 0.197. The van der Waals surface area contributed by atoms with Crippen molar-refractivity contribution in [1.29, 1.82) is 0 Å². The van der Waals surface area contributed by atoms with Gasteiger partial charge >= 0.3 is 6.18 Å². The van der Waals surface area contributed by atoms with Crippen LogP contribution in [0, 0.1) is 6.92 Å². The van der Waals surface area contributed by atoms with Crippen molar-refractivity contribution >= 4 is 28.4 Å². The second-order valence-electron chi connectivity index (χ2n) is 8.65. The van der Waals surface area contributed by atoms with E-state index in [9.17, 15) is 23.1 Å². The molecular weight excluding hydrogens is 459 g/mol. The van der Waals surface area contributed by atoms with E-state index in [1.807, 2.05) is 36.1 Å². The molecule has 35 heavy (non-hydrogen) atoms. The number of aryl methyl sites for hydroxylation is 1. The summed E-state index contributed by atoms with van der Waals surface area (Å²) < 4.78 is 41.3. The van der Waals surface area contributed by atoms with E-state index in [4.69, 9.17) is 0 Å². The van der Waals surface area contributed by atoms with Crippen LogP contribution in [0.3, 0.4) is 0 Å². The Hall–Kier alpha value is -3.92. The Kier molecular flexibility index (Phi) is 5.68. The number of aliphatic hydroxyl groups is 1. The molecule has 1 fully saturated rings. The minimum Gasteiger partial charge on any atom is -0.389 e. The number of nitrogens with zero attached hydrogens (tertiary/aromatic N) is 4. The summed E-state index contributed by atoms with van der Waals surface area (Å²) >= 11 is 0. The lowest BCUT2D eigenvalue weighted by Gasteiger charge is -2.36. The van der Waals surface area contributed by atoms with E-state index in [-0.39, 0.29) is 29.4 Å². The van der Waals surface area contributed by atoms with E-state index in [1.165, 1.54) is 12.3 Å². The molecule has 10 heteroatoms. The summed E-state index contributed by atoms with van der Waals surface area (Å²) in [5.41, 5.74) is 1.99. The van der Waals surface area contributed by atoms with Gasteiger partial charge in [-0.2, -0.15) is 13.2 Å². The summed E-state index contributed by atoms with van der Waals surface area (Å²) in [6.07, 6.45) is -2.61. The minimum absolute atomic E-state index is 0.183. The standard InChI is InChI=1S/C25H22F3N5O2/c1-15-2-4-16(5-3-15)12-33-21(9-17-8-18(25(26,27)28)10-30-23(17)33)24(35)31-19-6-7-22(29-11-19)32-13-20(34)14-32/h2-11,20,34H,12-14H2,1H3,(H,31,35). The van der Waals surface area contributed by atoms with Crippen LogP contribution in [0.4, 0.5) is 24.7 Å². The van der Waals surface area contributed by atoms with E-state index in [0.717, 1.165) is 23.4 Å². The number of nitrogens with one attached hydrogen (secondary N) is 1. The number of carbonyl (C=O) groups is 1. The molecule has 0 radical (unpaired) electrons. The number of hydrogen-bond acceptors (Lipinski definition) is 5. The number of amides is 1. The summed E-state index contributed by atoms with van der Waals surface area (Å²) in [4.78, 5) is 23.5. The molecule has 180 valence electrons. The van der Waals surface area contributed by atoms with Crippen LogP contribution < -0.4 is 10.2 Å². The molecule has 0 unspecified atom stereocenters. The van der Waals surface area contributed by atoms with Gasteiger partial charge in [-0.1, -0.05) is 29.8 Å². The van der Waals surface area contributed by atoms with Gasteiger partial charge in [0.1, 0.15) is 17.2 Å². The number of anilines is 2. The first-order valence-corrected chi connectivity index (χ1v) is 11.0. The van der Waals surface area contributed by atoms with Gasteiger partial charge in [-0.15, -0.1) is 0 Å². The molecule has 1 aliphatic rings. The number of β-amino-alcohol motifs (C(OH)–C–C–N with tert-alkyl or cyclic N) is 1. The largest absolute Gasteiger partial charge is 0.417 e. The molecule has 5 rings (SSSR count). The van der Waals surface area contributed by atoms with Crippen LogP contribution in [-0.4, -0.2) is 44.7 Å². The molecule has 0 spiro atoms. The summed E-state index contributed by atoms with van der Waals surface area (Å²) in [7, 11) is 0. The van der Waals surface area contributed by atoms with Gasteiger partial charge in [0.2, 0.25) is 0 Å². The molecule has 1 amide bonds. The third-order valence-electron chi connectivity index (χ3n) is 5.95. The molecule has 2 N–H and O–H groups in total. The van der Waals surface area contributed by atoms with Crippen molar-refractivity contribution in [3.63, 3.8) is 0 Å². The number of pyridine rings is 2. The lowest BCUT2D eigenvalue weighted by Crippen LogP contribution is -2.51. The fourth-order valence-corrected chi connectivity index (χ4v) is 4.01. The van der Waals surface area contributed by atoms with Crippen molar-refractivity contribution in [2.75, 3.05) is 23.3 Å². The third kappa shape index (κ3) is 4.69. The van der Waals surface area contributed by atoms with E-state index in [1.54, 1.807) is 16.7 Å². The van der Waals surface area contributed by atoms with Crippen LogP contribution >= 0.6 is 0 Å². The van der Waals surface area contributed by atoms with Crippen LogP contribution in [0.2, 0.25) is 0 Å². The highest BCUT2D eigenvalue weighted by molar-refractivity contribution is 6.06. The highest BCUT2D eigenvalue weighted by Gasteiger charge is 2.32. The summed E-state index contributed by atoms with van der Waals surface area (Å²) in [6.45, 7) is 3.23. The molecule has 3 aromatic heterocycles. The zero-order valence-corrected chi connectivity index (χ0v) is 18.8. The number of hydrogen-bond donors (Lipinski definition) is 2.